The molecule has 122 valence electrons. The molecule has 2 aromatic rings. The van der Waals surface area contributed by atoms with E-state index >= 15 is 0 Å². The molecule has 2 N–H and O–H groups in total. The van der Waals surface area contributed by atoms with E-state index in [0.717, 1.165) is 12.0 Å². The number of carbonyl (C=O) groups excluding carboxylic acids is 1. The van der Waals surface area contributed by atoms with Crippen molar-refractivity contribution in [3.8, 4) is 11.5 Å². The first-order chi connectivity index (χ1) is 11.0. The monoisotopic (exact) mass is 335 g/mol. The predicted molar refractivity (Wildman–Crippen MR) is 88.2 cm³/mol. The average Bonchev–Trinajstić information content (AvgIpc) is 3.02. The Balaban J connectivity index is 2.43. The molecular formula is C16H17NO5S. The molecule has 0 unspecified atom stereocenters. The number of carbonyl (C=O) groups is 2. The lowest BCUT2D eigenvalue weighted by molar-refractivity contribution is 0.0696. The molecule has 0 spiro atoms. The maximum absolute atomic E-state index is 12.5. The van der Waals surface area contributed by atoms with E-state index in [2.05, 4.69) is 5.32 Å². The Morgan fingerprint density at radius 3 is 2.57 bits per heavy atom. The molecule has 1 aromatic carbocycles. The normalized spacial score (nSPS) is 10.2. The van der Waals surface area contributed by atoms with E-state index in [-0.39, 0.29) is 28.7 Å². The number of benzene rings is 1. The SMILES string of the molecule is CCc1ccsc1C(=O)Nc1cc(C(=O)O)cc(OC)c1OC. The second kappa shape index (κ2) is 7.15. The van der Waals surface area contributed by atoms with Crippen LogP contribution < -0.4 is 14.8 Å². The molecule has 0 bridgehead atoms. The van der Waals surface area contributed by atoms with E-state index in [1.165, 1.54) is 37.7 Å². The first-order valence-corrected chi connectivity index (χ1v) is 7.76. The highest BCUT2D eigenvalue weighted by Gasteiger charge is 2.19. The van der Waals surface area contributed by atoms with Gasteiger partial charge in [-0.1, -0.05) is 6.92 Å². The molecule has 0 saturated heterocycles. The van der Waals surface area contributed by atoms with Gasteiger partial charge in [0.05, 0.1) is 30.3 Å². The first-order valence-electron chi connectivity index (χ1n) is 6.88. The fourth-order valence-electron chi connectivity index (χ4n) is 2.17. The number of aromatic carboxylic acids is 1. The number of ether oxygens (including phenoxy) is 2. The maximum Gasteiger partial charge on any atom is 0.335 e. The Hall–Kier alpha value is -2.54. The lowest BCUT2D eigenvalue weighted by Crippen LogP contribution is -2.14. The molecule has 0 aliphatic carbocycles. The number of aryl methyl sites for hydroxylation is 1. The summed E-state index contributed by atoms with van der Waals surface area (Å²) in [5, 5.41) is 13.7. The summed E-state index contributed by atoms with van der Waals surface area (Å²) in [6, 6.07) is 4.59. The van der Waals surface area contributed by atoms with Crippen molar-refractivity contribution in [2.75, 3.05) is 19.5 Å². The number of anilines is 1. The fourth-order valence-corrected chi connectivity index (χ4v) is 3.06. The Kier molecular flexibility index (Phi) is 5.23. The van der Waals surface area contributed by atoms with Gasteiger partial charge in [0, 0.05) is 0 Å². The van der Waals surface area contributed by atoms with Crippen LogP contribution in [-0.4, -0.2) is 31.2 Å². The summed E-state index contributed by atoms with van der Waals surface area (Å²) >= 11 is 1.33. The van der Waals surface area contributed by atoms with Gasteiger partial charge in [-0.25, -0.2) is 4.79 Å². The molecule has 2 rings (SSSR count). The van der Waals surface area contributed by atoms with Crippen LogP contribution in [-0.2, 0) is 6.42 Å². The van der Waals surface area contributed by atoms with E-state index in [1.54, 1.807) is 0 Å². The molecule has 1 amide bonds. The second-order valence-corrected chi connectivity index (χ2v) is 5.56. The highest BCUT2D eigenvalue weighted by molar-refractivity contribution is 7.12. The number of amides is 1. The second-order valence-electron chi connectivity index (χ2n) is 4.65. The average molecular weight is 335 g/mol. The molecule has 0 saturated carbocycles. The zero-order chi connectivity index (χ0) is 17.0. The van der Waals surface area contributed by atoms with Crippen LogP contribution in [0.4, 0.5) is 5.69 Å². The summed E-state index contributed by atoms with van der Waals surface area (Å²) in [4.78, 5) is 24.3. The quantitative estimate of drug-likeness (QED) is 0.846. The molecule has 23 heavy (non-hydrogen) atoms. The minimum atomic E-state index is -1.12. The third kappa shape index (κ3) is 3.45. The van der Waals surface area contributed by atoms with E-state index in [1.807, 2.05) is 18.4 Å². The highest BCUT2D eigenvalue weighted by Crippen LogP contribution is 2.37. The summed E-state index contributed by atoms with van der Waals surface area (Å²) in [7, 11) is 2.83. The summed E-state index contributed by atoms with van der Waals surface area (Å²) in [6.45, 7) is 1.97. The van der Waals surface area contributed by atoms with E-state index in [4.69, 9.17) is 9.47 Å². The van der Waals surface area contributed by atoms with Crippen molar-refractivity contribution in [2.45, 2.75) is 13.3 Å². The minimum absolute atomic E-state index is 0.000144. The van der Waals surface area contributed by atoms with E-state index in [9.17, 15) is 14.7 Å². The number of rotatable bonds is 6. The summed E-state index contributed by atoms with van der Waals surface area (Å²) < 4.78 is 10.4. The molecule has 0 fully saturated rings. The van der Waals surface area contributed by atoms with Crippen molar-refractivity contribution in [3.63, 3.8) is 0 Å². The van der Waals surface area contributed by atoms with Crippen molar-refractivity contribution in [1.82, 2.24) is 0 Å². The molecule has 0 radical (unpaired) electrons. The van der Waals surface area contributed by atoms with Crippen molar-refractivity contribution in [2.24, 2.45) is 0 Å². The third-order valence-electron chi connectivity index (χ3n) is 3.31. The van der Waals surface area contributed by atoms with Crippen LogP contribution in [0, 0.1) is 0 Å². The molecule has 0 aliphatic heterocycles. The summed E-state index contributed by atoms with van der Waals surface area (Å²) in [6.07, 6.45) is 0.738. The predicted octanol–water partition coefficient (Wildman–Crippen LogP) is 3.28. The van der Waals surface area contributed by atoms with Crippen molar-refractivity contribution < 1.29 is 24.2 Å². The molecule has 6 nitrogen and oxygen atoms in total. The molecule has 1 aromatic heterocycles. The lowest BCUT2D eigenvalue weighted by atomic mass is 10.1. The van der Waals surface area contributed by atoms with Crippen LogP contribution in [0.3, 0.4) is 0 Å². The smallest absolute Gasteiger partial charge is 0.335 e. The Morgan fingerprint density at radius 1 is 1.26 bits per heavy atom. The van der Waals surface area contributed by atoms with Crippen LogP contribution in [0.2, 0.25) is 0 Å². The van der Waals surface area contributed by atoms with Gasteiger partial charge in [0.1, 0.15) is 0 Å². The lowest BCUT2D eigenvalue weighted by Gasteiger charge is -2.14. The highest BCUT2D eigenvalue weighted by atomic mass is 32.1. The van der Waals surface area contributed by atoms with Crippen LogP contribution >= 0.6 is 11.3 Å². The fraction of sp³-hybridized carbons (Fsp3) is 0.250. The van der Waals surface area contributed by atoms with E-state index < -0.39 is 5.97 Å². The van der Waals surface area contributed by atoms with Gasteiger partial charge < -0.3 is 19.9 Å². The number of hydrogen-bond acceptors (Lipinski definition) is 5. The molecular weight excluding hydrogens is 318 g/mol. The molecule has 1 heterocycles. The third-order valence-corrected chi connectivity index (χ3v) is 4.26. The van der Waals surface area contributed by atoms with Gasteiger partial charge >= 0.3 is 5.97 Å². The van der Waals surface area contributed by atoms with Gasteiger partial charge in [-0.05, 0) is 35.6 Å². The van der Waals surface area contributed by atoms with Crippen LogP contribution in [0.1, 0.15) is 32.5 Å². The first kappa shape index (κ1) is 16.8. The standard InChI is InChI=1S/C16H17NO5S/c1-4-9-5-6-23-14(9)15(18)17-11-7-10(16(19)20)8-12(21-2)13(11)22-3/h5-8H,4H2,1-3H3,(H,17,18)(H,19,20). The zero-order valence-electron chi connectivity index (χ0n) is 13.0. The number of nitrogens with one attached hydrogen (secondary N) is 1. The zero-order valence-corrected chi connectivity index (χ0v) is 13.8. The van der Waals surface area contributed by atoms with Gasteiger partial charge in [0.25, 0.3) is 5.91 Å². The van der Waals surface area contributed by atoms with Crippen molar-refractivity contribution >= 4 is 28.9 Å². The number of carboxylic acid groups (broad SMARTS) is 1. The molecule has 7 heteroatoms. The van der Waals surface area contributed by atoms with Crippen molar-refractivity contribution in [3.05, 3.63) is 39.6 Å². The maximum atomic E-state index is 12.5. The Labute approximate surface area is 137 Å². The Morgan fingerprint density at radius 2 is 2.00 bits per heavy atom. The Bertz CT molecular complexity index is 738. The van der Waals surface area contributed by atoms with Gasteiger partial charge in [0.2, 0.25) is 0 Å². The summed E-state index contributed by atoms with van der Waals surface area (Å²) in [5.41, 5.74) is 1.19. The van der Waals surface area contributed by atoms with Gasteiger partial charge in [-0.15, -0.1) is 11.3 Å². The summed E-state index contributed by atoms with van der Waals surface area (Å²) in [5.74, 6) is -0.906. The number of carboxylic acids is 1. The largest absolute Gasteiger partial charge is 0.493 e. The van der Waals surface area contributed by atoms with Crippen LogP contribution in [0.5, 0.6) is 11.5 Å². The topological polar surface area (TPSA) is 84.9 Å². The van der Waals surface area contributed by atoms with Gasteiger partial charge in [-0.2, -0.15) is 0 Å². The van der Waals surface area contributed by atoms with Crippen LogP contribution in [0.15, 0.2) is 23.6 Å². The number of hydrogen-bond donors (Lipinski definition) is 2. The molecule has 0 atom stereocenters. The van der Waals surface area contributed by atoms with Crippen molar-refractivity contribution in [1.29, 1.82) is 0 Å². The van der Waals surface area contributed by atoms with Gasteiger partial charge in [0.15, 0.2) is 11.5 Å². The number of thiophene rings is 1. The molecule has 0 aliphatic rings. The van der Waals surface area contributed by atoms with Gasteiger partial charge in [-0.3, -0.25) is 4.79 Å². The van der Waals surface area contributed by atoms with E-state index in [0.29, 0.717) is 4.88 Å². The van der Waals surface area contributed by atoms with Crippen LogP contribution in [0.25, 0.3) is 0 Å². The minimum Gasteiger partial charge on any atom is -0.493 e. The number of methoxy groups -OCH3 is 2.